The maximum Gasteiger partial charge on any atom is 0.0352 e. The van der Waals surface area contributed by atoms with Gasteiger partial charge in [-0.3, -0.25) is 0 Å². The van der Waals surface area contributed by atoms with Crippen molar-refractivity contribution in [1.29, 1.82) is 0 Å². The van der Waals surface area contributed by atoms with Crippen molar-refractivity contribution >= 4 is 0 Å². The molecule has 2 atom stereocenters. The summed E-state index contributed by atoms with van der Waals surface area (Å²) in [4.78, 5) is 0. The van der Waals surface area contributed by atoms with Gasteiger partial charge in [-0.15, -0.1) is 0 Å². The molecule has 19 heavy (non-hydrogen) atoms. The largest absolute Gasteiger partial charge is 0.310 e. The number of hydrogen-bond donors (Lipinski definition) is 1. The van der Waals surface area contributed by atoms with E-state index in [1.54, 1.807) is 0 Å². The molecule has 1 aliphatic rings. The Balaban J connectivity index is 1.78. The predicted octanol–water partition coefficient (Wildman–Crippen LogP) is 3.89. The lowest BCUT2D eigenvalue weighted by Gasteiger charge is -2.20. The Morgan fingerprint density at radius 2 is 1.89 bits per heavy atom. The van der Waals surface area contributed by atoms with Gasteiger partial charge in [0.15, 0.2) is 0 Å². The molecule has 3 rings (SSSR count). The van der Waals surface area contributed by atoms with Crippen LogP contribution in [0.2, 0.25) is 0 Å². The zero-order chi connectivity index (χ0) is 13.1. The third kappa shape index (κ3) is 2.87. The monoisotopic (exact) mass is 251 g/mol. The molecule has 0 saturated carbocycles. The number of hydrogen-bond acceptors (Lipinski definition) is 1. The van der Waals surface area contributed by atoms with Crippen LogP contribution in [0.5, 0.6) is 0 Å². The summed E-state index contributed by atoms with van der Waals surface area (Å²) in [5, 5.41) is 3.67. The van der Waals surface area contributed by atoms with Crippen LogP contribution in [0, 0.1) is 12.8 Å². The van der Waals surface area contributed by atoms with Gasteiger partial charge < -0.3 is 5.32 Å². The van der Waals surface area contributed by atoms with Crippen LogP contribution in [0.25, 0.3) is 0 Å². The lowest BCUT2D eigenvalue weighted by atomic mass is 9.88. The van der Waals surface area contributed by atoms with Gasteiger partial charge >= 0.3 is 0 Å². The molecule has 1 heterocycles. The Morgan fingerprint density at radius 3 is 2.68 bits per heavy atom. The van der Waals surface area contributed by atoms with Crippen LogP contribution in [-0.2, 0) is 6.42 Å². The highest BCUT2D eigenvalue weighted by Crippen LogP contribution is 2.32. The molecule has 2 aromatic carbocycles. The maximum atomic E-state index is 3.67. The van der Waals surface area contributed by atoms with Gasteiger partial charge in [0.25, 0.3) is 0 Å². The van der Waals surface area contributed by atoms with Crippen LogP contribution in [0.3, 0.4) is 0 Å². The third-order valence-corrected chi connectivity index (χ3v) is 4.09. The van der Waals surface area contributed by atoms with Crippen molar-refractivity contribution in [2.75, 3.05) is 6.54 Å². The maximum absolute atomic E-state index is 3.67. The standard InChI is InChI=1S/C18H21N/c1-14-6-5-9-16(12-14)18-17(10-11-19-18)13-15-7-3-2-4-8-15/h2-9,12,17-19H,10-11,13H2,1H3. The second-order valence-electron chi connectivity index (χ2n) is 5.58. The van der Waals surface area contributed by atoms with E-state index in [1.165, 1.54) is 29.5 Å². The summed E-state index contributed by atoms with van der Waals surface area (Å²) < 4.78 is 0. The summed E-state index contributed by atoms with van der Waals surface area (Å²) >= 11 is 0. The van der Waals surface area contributed by atoms with E-state index in [4.69, 9.17) is 0 Å². The van der Waals surface area contributed by atoms with Crippen molar-refractivity contribution in [3.05, 3.63) is 71.3 Å². The van der Waals surface area contributed by atoms with Gasteiger partial charge in [0, 0.05) is 6.04 Å². The van der Waals surface area contributed by atoms with Gasteiger partial charge in [-0.1, -0.05) is 60.2 Å². The fourth-order valence-corrected chi connectivity index (χ4v) is 3.15. The summed E-state index contributed by atoms with van der Waals surface area (Å²) in [5.74, 6) is 0.712. The highest BCUT2D eigenvalue weighted by atomic mass is 14.9. The fraction of sp³-hybridized carbons (Fsp3) is 0.333. The molecule has 0 radical (unpaired) electrons. The quantitative estimate of drug-likeness (QED) is 0.872. The molecule has 1 fully saturated rings. The normalized spacial score (nSPS) is 22.6. The number of aryl methyl sites for hydroxylation is 1. The molecule has 0 amide bonds. The fourth-order valence-electron chi connectivity index (χ4n) is 3.15. The minimum Gasteiger partial charge on any atom is -0.310 e. The first kappa shape index (κ1) is 12.4. The highest BCUT2D eigenvalue weighted by Gasteiger charge is 2.28. The van der Waals surface area contributed by atoms with Crippen LogP contribution >= 0.6 is 0 Å². The molecule has 1 nitrogen and oxygen atoms in total. The van der Waals surface area contributed by atoms with Crippen molar-refractivity contribution in [3.63, 3.8) is 0 Å². The molecule has 2 aromatic rings. The molecule has 1 heteroatoms. The lowest BCUT2D eigenvalue weighted by molar-refractivity contribution is 0.460. The third-order valence-electron chi connectivity index (χ3n) is 4.09. The van der Waals surface area contributed by atoms with Crippen LogP contribution in [-0.4, -0.2) is 6.54 Å². The zero-order valence-corrected chi connectivity index (χ0v) is 11.5. The minimum atomic E-state index is 0.514. The Labute approximate surface area is 115 Å². The van der Waals surface area contributed by atoms with Gasteiger partial charge in [0.05, 0.1) is 0 Å². The molecular formula is C18H21N. The summed E-state index contributed by atoms with van der Waals surface area (Å²) in [6.45, 7) is 3.31. The number of nitrogens with one attached hydrogen (secondary N) is 1. The highest BCUT2D eigenvalue weighted by molar-refractivity contribution is 5.27. The van der Waals surface area contributed by atoms with E-state index in [0.717, 1.165) is 6.54 Å². The first-order valence-electron chi connectivity index (χ1n) is 7.17. The van der Waals surface area contributed by atoms with Gasteiger partial charge in [0.1, 0.15) is 0 Å². The molecule has 1 saturated heterocycles. The summed E-state index contributed by atoms with van der Waals surface area (Å²) in [7, 11) is 0. The average Bonchev–Trinajstić information content (AvgIpc) is 2.88. The molecule has 0 aromatic heterocycles. The van der Waals surface area contributed by atoms with E-state index in [2.05, 4.69) is 66.8 Å². The minimum absolute atomic E-state index is 0.514. The molecular weight excluding hydrogens is 230 g/mol. The molecule has 2 unspecified atom stereocenters. The van der Waals surface area contributed by atoms with Crippen LogP contribution < -0.4 is 5.32 Å². The number of rotatable bonds is 3. The van der Waals surface area contributed by atoms with Crippen molar-refractivity contribution < 1.29 is 0 Å². The lowest BCUT2D eigenvalue weighted by Crippen LogP contribution is -2.19. The summed E-state index contributed by atoms with van der Waals surface area (Å²) in [6, 6.07) is 20.3. The van der Waals surface area contributed by atoms with Crippen LogP contribution in [0.1, 0.15) is 29.2 Å². The molecule has 0 bridgehead atoms. The van der Waals surface area contributed by atoms with Crippen molar-refractivity contribution in [2.24, 2.45) is 5.92 Å². The van der Waals surface area contributed by atoms with E-state index < -0.39 is 0 Å². The van der Waals surface area contributed by atoms with Crippen molar-refractivity contribution in [1.82, 2.24) is 5.32 Å². The molecule has 1 aliphatic heterocycles. The first-order chi connectivity index (χ1) is 9.33. The van der Waals surface area contributed by atoms with Gasteiger partial charge in [0.2, 0.25) is 0 Å². The summed E-state index contributed by atoms with van der Waals surface area (Å²) in [5.41, 5.74) is 4.25. The van der Waals surface area contributed by atoms with E-state index >= 15 is 0 Å². The Hall–Kier alpha value is -1.60. The topological polar surface area (TPSA) is 12.0 Å². The molecule has 98 valence electrons. The van der Waals surface area contributed by atoms with Crippen molar-refractivity contribution in [3.8, 4) is 0 Å². The van der Waals surface area contributed by atoms with E-state index in [0.29, 0.717) is 12.0 Å². The smallest absolute Gasteiger partial charge is 0.0352 e. The summed E-state index contributed by atoms with van der Waals surface area (Å²) in [6.07, 6.45) is 2.44. The second kappa shape index (κ2) is 5.58. The number of benzene rings is 2. The van der Waals surface area contributed by atoms with Gasteiger partial charge in [-0.25, -0.2) is 0 Å². The van der Waals surface area contributed by atoms with Crippen molar-refractivity contribution in [2.45, 2.75) is 25.8 Å². The Morgan fingerprint density at radius 1 is 1.05 bits per heavy atom. The Bertz CT molecular complexity index is 532. The SMILES string of the molecule is Cc1cccc(C2NCCC2Cc2ccccc2)c1. The molecule has 0 spiro atoms. The Kier molecular flexibility index (Phi) is 3.65. The second-order valence-corrected chi connectivity index (χ2v) is 5.58. The van der Waals surface area contributed by atoms with E-state index in [-0.39, 0.29) is 0 Å². The van der Waals surface area contributed by atoms with Gasteiger partial charge in [-0.2, -0.15) is 0 Å². The first-order valence-corrected chi connectivity index (χ1v) is 7.17. The molecule has 0 aliphatic carbocycles. The predicted molar refractivity (Wildman–Crippen MR) is 80.2 cm³/mol. The zero-order valence-electron chi connectivity index (χ0n) is 11.5. The van der Waals surface area contributed by atoms with Crippen LogP contribution in [0.15, 0.2) is 54.6 Å². The van der Waals surface area contributed by atoms with E-state index in [1.807, 2.05) is 0 Å². The van der Waals surface area contributed by atoms with Crippen LogP contribution in [0.4, 0.5) is 0 Å². The average molecular weight is 251 g/mol. The molecule has 1 N–H and O–H groups in total. The van der Waals surface area contributed by atoms with E-state index in [9.17, 15) is 0 Å². The van der Waals surface area contributed by atoms with Gasteiger partial charge in [-0.05, 0) is 43.4 Å².